The summed E-state index contributed by atoms with van der Waals surface area (Å²) in [5, 5.41) is 19.8. The maximum Gasteiger partial charge on any atom is 0.341 e. The predicted octanol–water partition coefficient (Wildman–Crippen LogP) is 2.94. The highest BCUT2D eigenvalue weighted by Crippen LogP contribution is 2.36. The summed E-state index contributed by atoms with van der Waals surface area (Å²) in [5.74, 6) is -1.71. The van der Waals surface area contributed by atoms with Crippen molar-refractivity contribution in [3.05, 3.63) is 52.6 Å². The summed E-state index contributed by atoms with van der Waals surface area (Å²) in [4.78, 5) is 48.8. The molecule has 33 heavy (non-hydrogen) atoms. The van der Waals surface area contributed by atoms with Gasteiger partial charge in [0.15, 0.2) is 6.61 Å². The van der Waals surface area contributed by atoms with Gasteiger partial charge in [0.05, 0.1) is 11.4 Å². The van der Waals surface area contributed by atoms with Gasteiger partial charge in [0, 0.05) is 24.1 Å². The van der Waals surface area contributed by atoms with Crippen LogP contribution in [0.3, 0.4) is 0 Å². The van der Waals surface area contributed by atoms with Gasteiger partial charge in [0.1, 0.15) is 11.8 Å². The summed E-state index contributed by atoms with van der Waals surface area (Å²) < 4.78 is 5.24. The number of fused-ring (bicyclic) bond motifs is 1. The zero-order valence-corrected chi connectivity index (χ0v) is 18.1. The van der Waals surface area contributed by atoms with Crippen molar-refractivity contribution in [3.63, 3.8) is 0 Å². The number of nitrogens with one attached hydrogen (secondary N) is 1. The smallest absolute Gasteiger partial charge is 0.341 e. The van der Waals surface area contributed by atoms with E-state index in [1.54, 1.807) is 30.3 Å². The van der Waals surface area contributed by atoms with Crippen molar-refractivity contribution >= 4 is 35.1 Å². The molecule has 1 atom stereocenters. The minimum atomic E-state index is -1.06. The molecule has 0 aromatic heterocycles. The highest BCUT2D eigenvalue weighted by atomic mass is 16.5. The molecule has 2 heterocycles. The second-order valence-electron chi connectivity index (χ2n) is 7.99. The Morgan fingerprint density at radius 1 is 1.18 bits per heavy atom. The van der Waals surface area contributed by atoms with Crippen LogP contribution in [-0.2, 0) is 20.9 Å². The van der Waals surface area contributed by atoms with E-state index >= 15 is 0 Å². The molecule has 0 radical (unpaired) electrons. The van der Waals surface area contributed by atoms with Gasteiger partial charge < -0.3 is 14.7 Å². The Morgan fingerprint density at radius 3 is 2.58 bits per heavy atom. The number of imide groups is 1. The topological polar surface area (TPSA) is 138 Å². The van der Waals surface area contributed by atoms with Crippen molar-refractivity contribution in [2.45, 2.75) is 39.3 Å². The molecule has 2 aromatic carbocycles. The Morgan fingerprint density at radius 2 is 1.91 bits per heavy atom. The first-order chi connectivity index (χ1) is 15.7. The van der Waals surface area contributed by atoms with Crippen LogP contribution >= 0.6 is 0 Å². The summed E-state index contributed by atoms with van der Waals surface area (Å²) in [6.07, 6.45) is 0.476. The van der Waals surface area contributed by atoms with Crippen LogP contribution in [0.5, 0.6) is 5.75 Å². The molecule has 0 bridgehead atoms. The SMILES string of the molecule is Cc1cc(OCC(=O)O)cc(C)c1/N=N/c1cccc2c1CN(C1CCC(=O)NC1=O)C2=O. The molecule has 4 rings (SSSR count). The van der Waals surface area contributed by atoms with E-state index in [1.807, 2.05) is 13.8 Å². The molecule has 2 aliphatic rings. The van der Waals surface area contributed by atoms with Crippen LogP contribution in [0, 0.1) is 13.8 Å². The number of benzene rings is 2. The normalized spacial score (nSPS) is 17.9. The first-order valence-corrected chi connectivity index (χ1v) is 10.4. The summed E-state index contributed by atoms with van der Waals surface area (Å²) in [6, 6.07) is 7.82. The molecule has 10 heteroatoms. The molecular formula is C23H22N4O6. The number of hydrogen-bond acceptors (Lipinski definition) is 7. The average Bonchev–Trinajstić information content (AvgIpc) is 3.09. The first kappa shape index (κ1) is 22.1. The molecule has 0 aliphatic carbocycles. The minimum absolute atomic E-state index is 0.188. The van der Waals surface area contributed by atoms with E-state index in [4.69, 9.17) is 9.84 Å². The lowest BCUT2D eigenvalue weighted by atomic mass is 10.0. The zero-order chi connectivity index (χ0) is 23.7. The van der Waals surface area contributed by atoms with Crippen molar-refractivity contribution in [3.8, 4) is 5.75 Å². The van der Waals surface area contributed by atoms with Gasteiger partial charge in [-0.3, -0.25) is 19.7 Å². The molecular weight excluding hydrogens is 428 g/mol. The summed E-state index contributed by atoms with van der Waals surface area (Å²) in [6.45, 7) is 3.40. The molecule has 1 fully saturated rings. The Labute approximate surface area is 189 Å². The molecule has 10 nitrogen and oxygen atoms in total. The van der Waals surface area contributed by atoms with E-state index in [-0.39, 0.29) is 31.2 Å². The number of carbonyl (C=O) groups is 4. The van der Waals surface area contributed by atoms with Gasteiger partial charge in [-0.25, -0.2) is 4.79 Å². The summed E-state index contributed by atoms with van der Waals surface area (Å²) in [7, 11) is 0. The molecule has 0 saturated carbocycles. The highest BCUT2D eigenvalue weighted by Gasteiger charge is 2.39. The van der Waals surface area contributed by atoms with Gasteiger partial charge in [-0.2, -0.15) is 5.11 Å². The van der Waals surface area contributed by atoms with E-state index in [0.29, 0.717) is 28.3 Å². The maximum atomic E-state index is 12.9. The van der Waals surface area contributed by atoms with Crippen LogP contribution in [-0.4, -0.2) is 46.3 Å². The number of amides is 3. The van der Waals surface area contributed by atoms with E-state index in [9.17, 15) is 19.2 Å². The zero-order valence-electron chi connectivity index (χ0n) is 18.1. The fraction of sp³-hybridized carbons (Fsp3) is 0.304. The van der Waals surface area contributed by atoms with Gasteiger partial charge in [-0.15, -0.1) is 5.11 Å². The number of carboxylic acid groups (broad SMARTS) is 1. The van der Waals surface area contributed by atoms with Crippen LogP contribution in [0.4, 0.5) is 11.4 Å². The fourth-order valence-corrected chi connectivity index (χ4v) is 4.07. The Bertz CT molecular complexity index is 1180. The van der Waals surface area contributed by atoms with Gasteiger partial charge in [-0.1, -0.05) is 6.07 Å². The molecule has 3 amide bonds. The van der Waals surface area contributed by atoms with Gasteiger partial charge in [0.2, 0.25) is 11.8 Å². The van der Waals surface area contributed by atoms with E-state index in [1.165, 1.54) is 4.90 Å². The second kappa shape index (κ2) is 8.81. The van der Waals surface area contributed by atoms with E-state index in [0.717, 1.165) is 11.1 Å². The molecule has 1 saturated heterocycles. The maximum absolute atomic E-state index is 12.9. The third-order valence-corrected chi connectivity index (χ3v) is 5.64. The van der Waals surface area contributed by atoms with Crippen molar-refractivity contribution < 1.29 is 29.0 Å². The van der Waals surface area contributed by atoms with Crippen molar-refractivity contribution in [1.82, 2.24) is 10.2 Å². The lowest BCUT2D eigenvalue weighted by molar-refractivity contribution is -0.139. The summed E-state index contributed by atoms with van der Waals surface area (Å²) in [5.41, 5.74) is 3.78. The minimum Gasteiger partial charge on any atom is -0.482 e. The number of ether oxygens (including phenoxy) is 1. The van der Waals surface area contributed by atoms with Crippen LogP contribution in [0.25, 0.3) is 0 Å². The van der Waals surface area contributed by atoms with Crippen molar-refractivity contribution in [2.75, 3.05) is 6.61 Å². The third-order valence-electron chi connectivity index (χ3n) is 5.64. The molecule has 2 aromatic rings. The second-order valence-corrected chi connectivity index (χ2v) is 7.99. The first-order valence-electron chi connectivity index (χ1n) is 10.4. The number of piperidine rings is 1. The van der Waals surface area contributed by atoms with E-state index in [2.05, 4.69) is 15.5 Å². The van der Waals surface area contributed by atoms with Gasteiger partial charge >= 0.3 is 5.97 Å². The van der Waals surface area contributed by atoms with Crippen LogP contribution in [0.15, 0.2) is 40.6 Å². The summed E-state index contributed by atoms with van der Waals surface area (Å²) >= 11 is 0. The van der Waals surface area contributed by atoms with E-state index < -0.39 is 24.5 Å². The van der Waals surface area contributed by atoms with Gasteiger partial charge in [0.25, 0.3) is 5.91 Å². The number of hydrogen-bond donors (Lipinski definition) is 2. The Balaban J connectivity index is 1.58. The highest BCUT2D eigenvalue weighted by molar-refractivity contribution is 6.06. The molecule has 1 unspecified atom stereocenters. The number of aryl methyl sites for hydroxylation is 2. The van der Waals surface area contributed by atoms with Crippen LogP contribution in [0.2, 0.25) is 0 Å². The van der Waals surface area contributed by atoms with Crippen molar-refractivity contribution in [1.29, 1.82) is 0 Å². The Kier molecular flexibility index (Phi) is 5.91. The lowest BCUT2D eigenvalue weighted by Crippen LogP contribution is -2.52. The number of aliphatic carboxylic acids is 1. The number of rotatable bonds is 6. The van der Waals surface area contributed by atoms with Crippen molar-refractivity contribution in [2.24, 2.45) is 10.2 Å². The fourth-order valence-electron chi connectivity index (χ4n) is 4.07. The average molecular weight is 450 g/mol. The lowest BCUT2D eigenvalue weighted by Gasteiger charge is -2.29. The quantitative estimate of drug-likeness (QED) is 0.513. The van der Waals surface area contributed by atoms with Crippen LogP contribution in [0.1, 0.15) is 39.9 Å². The molecule has 170 valence electrons. The number of carboxylic acids is 1. The third kappa shape index (κ3) is 4.45. The van der Waals surface area contributed by atoms with Gasteiger partial charge in [-0.05, 0) is 55.7 Å². The molecule has 2 N–H and O–H groups in total. The monoisotopic (exact) mass is 450 g/mol. The largest absolute Gasteiger partial charge is 0.482 e. The Hall–Kier alpha value is -4.08. The van der Waals surface area contributed by atoms with Crippen LogP contribution < -0.4 is 10.1 Å². The number of carbonyl (C=O) groups excluding carboxylic acids is 3. The molecule has 0 spiro atoms. The molecule has 2 aliphatic heterocycles. The standard InChI is InChI=1S/C23H22N4O6/c1-12-8-14(33-11-20(29)30)9-13(2)21(12)26-25-17-5-3-4-15-16(17)10-27(23(15)32)18-6-7-19(28)24-22(18)31/h3-5,8-9,18H,6-7,10-11H2,1-2H3,(H,29,30)(H,24,28,31)/b26-25+. The number of azo groups is 1. The number of nitrogens with zero attached hydrogens (tertiary/aromatic N) is 3. The predicted molar refractivity (Wildman–Crippen MR) is 116 cm³/mol.